The first-order valence-electron chi connectivity index (χ1n) is 6.14. The highest BCUT2D eigenvalue weighted by Gasteiger charge is 2.04. The van der Waals surface area contributed by atoms with Gasteiger partial charge >= 0.3 is 5.97 Å². The predicted octanol–water partition coefficient (Wildman–Crippen LogP) is 3.37. The lowest BCUT2D eigenvalue weighted by Gasteiger charge is -2.10. The lowest BCUT2D eigenvalue weighted by molar-refractivity contribution is -0.139. The lowest BCUT2D eigenvalue weighted by Crippen LogP contribution is -2.07. The standard InChI is InChI=1S/C14H23BrO3/c1-11(7-8-18-13(3)16)9-14(17)6-4-5-12(2)10-15/h5,7,14,17H,4,6,8-10H2,1-3H3/b11-7+,12-5+. The molecule has 0 radical (unpaired) electrons. The van der Waals surface area contributed by atoms with E-state index in [0.29, 0.717) is 6.42 Å². The molecular formula is C14H23BrO3. The average molecular weight is 319 g/mol. The number of aliphatic hydroxyl groups is 1. The Bertz CT molecular complexity index is 308. The fourth-order valence-electron chi connectivity index (χ4n) is 1.44. The molecule has 0 saturated heterocycles. The smallest absolute Gasteiger partial charge is 0.302 e. The van der Waals surface area contributed by atoms with Crippen LogP contribution in [0.4, 0.5) is 0 Å². The summed E-state index contributed by atoms with van der Waals surface area (Å²) in [6.45, 7) is 5.67. The van der Waals surface area contributed by atoms with Gasteiger partial charge in [0.1, 0.15) is 6.61 Å². The number of esters is 1. The first-order valence-corrected chi connectivity index (χ1v) is 7.26. The maximum absolute atomic E-state index is 10.6. The summed E-state index contributed by atoms with van der Waals surface area (Å²) in [7, 11) is 0. The molecule has 1 N–H and O–H groups in total. The first kappa shape index (κ1) is 17.4. The van der Waals surface area contributed by atoms with Gasteiger partial charge < -0.3 is 9.84 Å². The quantitative estimate of drug-likeness (QED) is 0.424. The van der Waals surface area contributed by atoms with E-state index in [1.165, 1.54) is 12.5 Å². The molecule has 104 valence electrons. The van der Waals surface area contributed by atoms with Crippen molar-refractivity contribution in [2.45, 2.75) is 46.1 Å². The third kappa shape index (κ3) is 10.5. The maximum Gasteiger partial charge on any atom is 0.302 e. The highest BCUT2D eigenvalue weighted by atomic mass is 79.9. The molecule has 18 heavy (non-hydrogen) atoms. The van der Waals surface area contributed by atoms with Crippen LogP contribution in [0.5, 0.6) is 0 Å². The summed E-state index contributed by atoms with van der Waals surface area (Å²) in [5.41, 5.74) is 2.33. The van der Waals surface area contributed by atoms with Gasteiger partial charge in [0.15, 0.2) is 0 Å². The third-order valence-corrected chi connectivity index (χ3v) is 3.36. The third-order valence-electron chi connectivity index (χ3n) is 2.48. The Morgan fingerprint density at radius 3 is 2.50 bits per heavy atom. The minimum absolute atomic E-state index is 0.282. The number of alkyl halides is 1. The highest BCUT2D eigenvalue weighted by molar-refractivity contribution is 9.09. The van der Waals surface area contributed by atoms with Crippen molar-refractivity contribution in [3.8, 4) is 0 Å². The summed E-state index contributed by atoms with van der Waals surface area (Å²) >= 11 is 3.38. The van der Waals surface area contributed by atoms with Crippen LogP contribution in [0.1, 0.15) is 40.0 Å². The molecule has 0 aromatic heterocycles. The second kappa shape index (κ2) is 10.3. The molecule has 3 nitrogen and oxygen atoms in total. The summed E-state index contributed by atoms with van der Waals surface area (Å²) in [6, 6.07) is 0. The molecule has 0 bridgehead atoms. The molecule has 0 aliphatic carbocycles. The van der Waals surface area contributed by atoms with Gasteiger partial charge in [-0.05, 0) is 39.2 Å². The van der Waals surface area contributed by atoms with E-state index in [-0.39, 0.29) is 18.7 Å². The van der Waals surface area contributed by atoms with Gasteiger partial charge in [-0.3, -0.25) is 4.79 Å². The molecule has 0 heterocycles. The van der Waals surface area contributed by atoms with E-state index in [1.807, 2.05) is 13.0 Å². The zero-order valence-corrected chi connectivity index (χ0v) is 13.0. The molecule has 1 atom stereocenters. The van der Waals surface area contributed by atoms with Crippen LogP contribution in [-0.4, -0.2) is 29.1 Å². The molecule has 0 aromatic rings. The molecule has 0 spiro atoms. The van der Waals surface area contributed by atoms with Gasteiger partial charge in [0, 0.05) is 12.3 Å². The predicted molar refractivity (Wildman–Crippen MR) is 77.8 cm³/mol. The number of ether oxygens (including phenoxy) is 1. The molecule has 0 amide bonds. The topological polar surface area (TPSA) is 46.5 Å². The van der Waals surface area contributed by atoms with Gasteiger partial charge in [-0.1, -0.05) is 33.2 Å². The zero-order valence-electron chi connectivity index (χ0n) is 11.4. The molecule has 0 aromatic carbocycles. The molecule has 0 saturated carbocycles. The molecule has 4 heteroatoms. The number of aliphatic hydroxyl groups excluding tert-OH is 1. The monoisotopic (exact) mass is 318 g/mol. The number of halogens is 1. The summed E-state index contributed by atoms with van der Waals surface area (Å²) in [5, 5.41) is 10.7. The van der Waals surface area contributed by atoms with Gasteiger partial charge in [0.25, 0.3) is 0 Å². The zero-order chi connectivity index (χ0) is 14.0. The Balaban J connectivity index is 3.86. The van der Waals surface area contributed by atoms with Crippen molar-refractivity contribution in [2.75, 3.05) is 11.9 Å². The Kier molecular flexibility index (Phi) is 9.98. The van der Waals surface area contributed by atoms with Gasteiger partial charge in [0.05, 0.1) is 6.10 Å². The number of allylic oxidation sites excluding steroid dienone is 2. The van der Waals surface area contributed by atoms with Gasteiger partial charge in [0.2, 0.25) is 0 Å². The van der Waals surface area contributed by atoms with Crippen LogP contribution in [0.2, 0.25) is 0 Å². The number of rotatable bonds is 8. The minimum atomic E-state index is -0.335. The van der Waals surface area contributed by atoms with Crippen molar-refractivity contribution < 1.29 is 14.6 Å². The van der Waals surface area contributed by atoms with Crippen molar-refractivity contribution in [1.29, 1.82) is 0 Å². The lowest BCUT2D eigenvalue weighted by atomic mass is 10.0. The molecule has 1 unspecified atom stereocenters. The second-order valence-corrected chi connectivity index (χ2v) is 5.03. The van der Waals surface area contributed by atoms with Crippen molar-refractivity contribution in [3.05, 3.63) is 23.3 Å². The van der Waals surface area contributed by atoms with Crippen LogP contribution < -0.4 is 0 Å². The fraction of sp³-hybridized carbons (Fsp3) is 0.643. The van der Waals surface area contributed by atoms with Crippen LogP contribution in [-0.2, 0) is 9.53 Å². The average Bonchev–Trinajstić information content (AvgIpc) is 2.28. The fourth-order valence-corrected chi connectivity index (χ4v) is 1.66. The second-order valence-electron chi connectivity index (χ2n) is 4.47. The summed E-state index contributed by atoms with van der Waals surface area (Å²) in [6.07, 6.45) is 5.90. The molecule has 0 aliphatic rings. The first-order chi connectivity index (χ1) is 8.45. The van der Waals surface area contributed by atoms with Crippen LogP contribution in [0, 0.1) is 0 Å². The van der Waals surface area contributed by atoms with Crippen molar-refractivity contribution >= 4 is 21.9 Å². The number of hydrogen-bond acceptors (Lipinski definition) is 3. The SMILES string of the molecule is CC(=O)OC/C=C(\C)CC(O)CC/C=C(\C)CBr. The van der Waals surface area contributed by atoms with E-state index < -0.39 is 0 Å². The van der Waals surface area contributed by atoms with E-state index in [2.05, 4.69) is 28.9 Å². The van der Waals surface area contributed by atoms with Crippen molar-refractivity contribution in [3.63, 3.8) is 0 Å². The van der Waals surface area contributed by atoms with Gasteiger partial charge in [-0.2, -0.15) is 0 Å². The molecule has 0 fully saturated rings. The van der Waals surface area contributed by atoms with Crippen LogP contribution in [0.25, 0.3) is 0 Å². The molecule has 0 rings (SSSR count). The minimum Gasteiger partial charge on any atom is -0.462 e. The van der Waals surface area contributed by atoms with E-state index in [0.717, 1.165) is 23.7 Å². The Morgan fingerprint density at radius 2 is 1.94 bits per heavy atom. The number of carbonyl (C=O) groups is 1. The van der Waals surface area contributed by atoms with Crippen LogP contribution >= 0.6 is 15.9 Å². The van der Waals surface area contributed by atoms with E-state index in [1.54, 1.807) is 0 Å². The van der Waals surface area contributed by atoms with E-state index in [4.69, 9.17) is 4.74 Å². The van der Waals surface area contributed by atoms with E-state index >= 15 is 0 Å². The summed E-state index contributed by atoms with van der Waals surface area (Å²) in [5.74, 6) is -0.282. The van der Waals surface area contributed by atoms with Crippen molar-refractivity contribution in [1.82, 2.24) is 0 Å². The molecular weight excluding hydrogens is 296 g/mol. The largest absolute Gasteiger partial charge is 0.462 e. The van der Waals surface area contributed by atoms with Crippen molar-refractivity contribution in [2.24, 2.45) is 0 Å². The van der Waals surface area contributed by atoms with Gasteiger partial charge in [-0.15, -0.1) is 0 Å². The normalized spacial score (nSPS) is 14.5. The number of carbonyl (C=O) groups excluding carboxylic acids is 1. The highest BCUT2D eigenvalue weighted by Crippen LogP contribution is 2.11. The Labute approximate surface area is 118 Å². The Morgan fingerprint density at radius 1 is 1.28 bits per heavy atom. The Hall–Kier alpha value is -0.610. The summed E-state index contributed by atoms with van der Waals surface area (Å²) in [4.78, 5) is 10.6. The van der Waals surface area contributed by atoms with Gasteiger partial charge in [-0.25, -0.2) is 0 Å². The summed E-state index contributed by atoms with van der Waals surface area (Å²) < 4.78 is 4.81. The van der Waals surface area contributed by atoms with Crippen LogP contribution in [0.15, 0.2) is 23.3 Å². The van der Waals surface area contributed by atoms with Crippen LogP contribution in [0.3, 0.4) is 0 Å². The maximum atomic E-state index is 10.6. The molecule has 0 aliphatic heterocycles. The van der Waals surface area contributed by atoms with E-state index in [9.17, 15) is 9.90 Å². The number of hydrogen-bond donors (Lipinski definition) is 1.